The monoisotopic (exact) mass is 244 g/mol. The first-order valence-corrected chi connectivity index (χ1v) is 5.06. The Balaban J connectivity index is 2.76. The van der Waals surface area contributed by atoms with Crippen LogP contribution in [0.4, 0.5) is 11.5 Å². The summed E-state index contributed by atoms with van der Waals surface area (Å²) in [5, 5.41) is 0.167. The maximum absolute atomic E-state index is 11.2. The molecular weight excluding hydrogens is 232 g/mol. The average Bonchev–Trinajstić information content (AvgIpc) is 2.22. The van der Waals surface area contributed by atoms with Crippen LogP contribution in [0.1, 0.15) is 6.92 Å². The zero-order chi connectivity index (χ0) is 12.1. The van der Waals surface area contributed by atoms with Gasteiger partial charge in [0.1, 0.15) is 18.6 Å². The predicted octanol–water partition coefficient (Wildman–Crippen LogP) is 0.711. The predicted molar refractivity (Wildman–Crippen MR) is 61.4 cm³/mol. The van der Waals surface area contributed by atoms with Crippen LogP contribution in [0.3, 0.4) is 0 Å². The highest BCUT2D eigenvalue weighted by Crippen LogP contribution is 2.24. The van der Waals surface area contributed by atoms with Crippen LogP contribution >= 0.6 is 11.6 Å². The van der Waals surface area contributed by atoms with Crippen LogP contribution in [0.25, 0.3) is 0 Å². The second-order valence-corrected chi connectivity index (χ2v) is 3.42. The topological polar surface area (TPSA) is 81.3 Å². The SMILES string of the molecule is CCOC(=O)CN(C)c1ncnc(Cl)c1N. The molecule has 0 amide bonds. The average molecular weight is 245 g/mol. The van der Waals surface area contributed by atoms with E-state index >= 15 is 0 Å². The first-order chi connectivity index (χ1) is 7.56. The van der Waals surface area contributed by atoms with Crippen LogP contribution < -0.4 is 10.6 Å². The molecule has 0 radical (unpaired) electrons. The molecule has 1 aromatic rings. The molecular formula is C9H13ClN4O2. The number of rotatable bonds is 4. The number of carbonyl (C=O) groups is 1. The van der Waals surface area contributed by atoms with Crippen molar-refractivity contribution in [3.63, 3.8) is 0 Å². The van der Waals surface area contributed by atoms with E-state index in [0.717, 1.165) is 0 Å². The molecule has 0 saturated heterocycles. The third-order valence-electron chi connectivity index (χ3n) is 1.85. The lowest BCUT2D eigenvalue weighted by Crippen LogP contribution is -2.28. The molecule has 6 nitrogen and oxygen atoms in total. The van der Waals surface area contributed by atoms with Crippen molar-refractivity contribution >= 4 is 29.1 Å². The lowest BCUT2D eigenvalue weighted by molar-refractivity contribution is -0.141. The molecule has 0 unspecified atom stereocenters. The molecule has 7 heteroatoms. The molecule has 16 heavy (non-hydrogen) atoms. The normalized spacial score (nSPS) is 9.94. The number of aromatic nitrogens is 2. The molecule has 0 aliphatic heterocycles. The Labute approximate surface area is 98.4 Å². The minimum Gasteiger partial charge on any atom is -0.465 e. The van der Waals surface area contributed by atoms with Crippen LogP contribution in [-0.2, 0) is 9.53 Å². The molecule has 0 spiro atoms. The minimum atomic E-state index is -0.348. The van der Waals surface area contributed by atoms with E-state index in [1.807, 2.05) is 0 Å². The first-order valence-electron chi connectivity index (χ1n) is 4.69. The summed E-state index contributed by atoms with van der Waals surface area (Å²) in [6, 6.07) is 0. The lowest BCUT2D eigenvalue weighted by Gasteiger charge is -2.18. The minimum absolute atomic E-state index is 0.0609. The van der Waals surface area contributed by atoms with E-state index in [1.165, 1.54) is 6.33 Å². The van der Waals surface area contributed by atoms with Crippen molar-refractivity contribution in [1.29, 1.82) is 0 Å². The summed E-state index contributed by atoms with van der Waals surface area (Å²) < 4.78 is 4.81. The maximum atomic E-state index is 11.2. The summed E-state index contributed by atoms with van der Waals surface area (Å²) in [7, 11) is 1.67. The van der Waals surface area contributed by atoms with Gasteiger partial charge in [-0.05, 0) is 6.92 Å². The van der Waals surface area contributed by atoms with Crippen molar-refractivity contribution in [2.45, 2.75) is 6.92 Å². The summed E-state index contributed by atoms with van der Waals surface area (Å²) >= 11 is 5.74. The van der Waals surface area contributed by atoms with E-state index in [-0.39, 0.29) is 23.4 Å². The van der Waals surface area contributed by atoms with Crippen molar-refractivity contribution < 1.29 is 9.53 Å². The molecule has 1 rings (SSSR count). The molecule has 0 aromatic carbocycles. The van der Waals surface area contributed by atoms with Crippen molar-refractivity contribution in [2.24, 2.45) is 0 Å². The highest BCUT2D eigenvalue weighted by molar-refractivity contribution is 6.32. The van der Waals surface area contributed by atoms with E-state index in [9.17, 15) is 4.79 Å². The number of ether oxygens (including phenoxy) is 1. The van der Waals surface area contributed by atoms with Gasteiger partial charge in [-0.15, -0.1) is 0 Å². The van der Waals surface area contributed by atoms with Gasteiger partial charge < -0.3 is 15.4 Å². The largest absolute Gasteiger partial charge is 0.465 e. The first kappa shape index (κ1) is 12.5. The van der Waals surface area contributed by atoms with Gasteiger partial charge in [-0.2, -0.15) is 0 Å². The summed E-state index contributed by atoms with van der Waals surface area (Å²) in [6.07, 6.45) is 1.29. The number of nitrogens with two attached hydrogens (primary N) is 1. The highest BCUT2D eigenvalue weighted by atomic mass is 35.5. The molecule has 88 valence electrons. The van der Waals surface area contributed by atoms with Gasteiger partial charge >= 0.3 is 5.97 Å². The van der Waals surface area contributed by atoms with E-state index in [4.69, 9.17) is 22.1 Å². The Morgan fingerprint density at radius 2 is 2.31 bits per heavy atom. The zero-order valence-electron chi connectivity index (χ0n) is 9.11. The van der Waals surface area contributed by atoms with Crippen molar-refractivity contribution in [2.75, 3.05) is 30.8 Å². The van der Waals surface area contributed by atoms with E-state index in [2.05, 4.69) is 9.97 Å². The lowest BCUT2D eigenvalue weighted by atomic mass is 10.4. The fourth-order valence-electron chi connectivity index (χ4n) is 1.14. The second kappa shape index (κ2) is 5.50. The summed E-state index contributed by atoms with van der Waals surface area (Å²) in [4.78, 5) is 20.5. The standard InChI is InChI=1S/C9H13ClN4O2/c1-3-16-6(15)4-14(2)9-7(11)8(10)12-5-13-9/h5H,3-4,11H2,1-2H3. The van der Waals surface area contributed by atoms with Gasteiger partial charge in [0.15, 0.2) is 11.0 Å². The van der Waals surface area contributed by atoms with Crippen molar-refractivity contribution in [3.8, 4) is 0 Å². The van der Waals surface area contributed by atoms with Crippen molar-refractivity contribution in [3.05, 3.63) is 11.5 Å². The van der Waals surface area contributed by atoms with Crippen LogP contribution in [0.15, 0.2) is 6.33 Å². The third-order valence-corrected chi connectivity index (χ3v) is 2.15. The number of halogens is 1. The smallest absolute Gasteiger partial charge is 0.325 e. The molecule has 0 saturated carbocycles. The Morgan fingerprint density at radius 3 is 2.94 bits per heavy atom. The van der Waals surface area contributed by atoms with Crippen LogP contribution in [0.2, 0.25) is 5.15 Å². The zero-order valence-corrected chi connectivity index (χ0v) is 9.86. The number of hydrogen-bond donors (Lipinski definition) is 1. The molecule has 0 aliphatic rings. The van der Waals surface area contributed by atoms with Gasteiger partial charge in [-0.3, -0.25) is 4.79 Å². The molecule has 0 fully saturated rings. The molecule has 0 aliphatic carbocycles. The number of anilines is 2. The highest BCUT2D eigenvalue weighted by Gasteiger charge is 2.14. The third kappa shape index (κ3) is 2.96. The fourth-order valence-corrected chi connectivity index (χ4v) is 1.27. The summed E-state index contributed by atoms with van der Waals surface area (Å²) in [6.45, 7) is 2.14. The van der Waals surface area contributed by atoms with Gasteiger partial charge in [-0.25, -0.2) is 9.97 Å². The molecule has 1 heterocycles. The quantitative estimate of drug-likeness (QED) is 0.621. The van der Waals surface area contributed by atoms with Crippen molar-refractivity contribution in [1.82, 2.24) is 9.97 Å². The van der Waals surface area contributed by atoms with E-state index < -0.39 is 0 Å². The molecule has 2 N–H and O–H groups in total. The van der Waals surface area contributed by atoms with Gasteiger partial charge in [0.25, 0.3) is 0 Å². The van der Waals surface area contributed by atoms with Crippen LogP contribution in [0, 0.1) is 0 Å². The Morgan fingerprint density at radius 1 is 1.62 bits per heavy atom. The number of likely N-dealkylation sites (N-methyl/N-ethyl adjacent to an activating group) is 1. The Hall–Kier alpha value is -1.56. The molecule has 1 aromatic heterocycles. The summed E-state index contributed by atoms with van der Waals surface area (Å²) in [5.41, 5.74) is 5.93. The maximum Gasteiger partial charge on any atom is 0.325 e. The second-order valence-electron chi connectivity index (χ2n) is 3.06. The number of nitrogen functional groups attached to an aromatic ring is 1. The Bertz CT molecular complexity index is 386. The summed E-state index contributed by atoms with van der Waals surface area (Å²) in [5.74, 6) is 0.0622. The Kier molecular flexibility index (Phi) is 4.30. The van der Waals surface area contributed by atoms with Gasteiger partial charge in [-0.1, -0.05) is 11.6 Å². The van der Waals surface area contributed by atoms with Crippen LogP contribution in [-0.4, -0.2) is 36.1 Å². The van der Waals surface area contributed by atoms with Gasteiger partial charge in [0.2, 0.25) is 0 Å². The van der Waals surface area contributed by atoms with E-state index in [1.54, 1.807) is 18.9 Å². The van der Waals surface area contributed by atoms with E-state index in [0.29, 0.717) is 12.4 Å². The number of esters is 1. The van der Waals surface area contributed by atoms with Crippen LogP contribution in [0.5, 0.6) is 0 Å². The molecule has 0 bridgehead atoms. The van der Waals surface area contributed by atoms with Gasteiger partial charge in [0.05, 0.1) is 6.61 Å². The fraction of sp³-hybridized carbons (Fsp3) is 0.444. The molecule has 0 atom stereocenters. The number of hydrogen-bond acceptors (Lipinski definition) is 6. The number of nitrogens with zero attached hydrogens (tertiary/aromatic N) is 3. The van der Waals surface area contributed by atoms with Gasteiger partial charge in [0, 0.05) is 7.05 Å². The number of carbonyl (C=O) groups excluding carboxylic acids is 1.